The number of anilines is 1. The molecule has 0 aromatic heterocycles. The number of hydrogen-bond acceptors (Lipinski definition) is 6. The second-order valence-corrected chi connectivity index (χ2v) is 7.12. The van der Waals surface area contributed by atoms with E-state index < -0.39 is 52.0 Å². The molecule has 0 bridgehead atoms. The first-order valence-corrected chi connectivity index (χ1v) is 8.83. The molecule has 10 heteroatoms. The Morgan fingerprint density at radius 3 is 2.30 bits per heavy atom. The summed E-state index contributed by atoms with van der Waals surface area (Å²) in [6, 6.07) is 10.4. The Morgan fingerprint density at radius 2 is 1.73 bits per heavy atom. The lowest BCUT2D eigenvalue weighted by Gasteiger charge is -2.23. The molecule has 0 radical (unpaired) electrons. The number of carbonyl (C=O) groups excluding carboxylic acids is 3. The number of nitro benzene ring substituents is 1. The first-order chi connectivity index (χ1) is 14.0. The highest BCUT2D eigenvalue weighted by Crippen LogP contribution is 2.26. The number of carbonyl (C=O) groups is 3. The van der Waals surface area contributed by atoms with Gasteiger partial charge in [-0.05, 0) is 39.0 Å². The maximum absolute atomic E-state index is 14.3. The minimum Gasteiger partial charge on any atom is -0.444 e. The van der Waals surface area contributed by atoms with E-state index in [0.29, 0.717) is 4.90 Å². The van der Waals surface area contributed by atoms with E-state index in [1.54, 1.807) is 26.8 Å². The average molecular weight is 417 g/mol. The Morgan fingerprint density at radius 1 is 1.10 bits per heavy atom. The molecule has 2 rings (SSSR count). The number of ether oxygens (including phenoxy) is 1. The molecule has 0 saturated heterocycles. The fourth-order valence-electron chi connectivity index (χ4n) is 2.48. The SMILES string of the molecule is CC(C)(C)OC(=O)NCC(=O)N(C(=O)c1c(F)cccc1[N+](=O)[O-])c1ccccc1. The van der Waals surface area contributed by atoms with Crippen LogP contribution in [-0.2, 0) is 9.53 Å². The third-order valence-corrected chi connectivity index (χ3v) is 3.65. The quantitative estimate of drug-likeness (QED) is 0.588. The number of para-hydroxylation sites is 1. The van der Waals surface area contributed by atoms with Crippen LogP contribution in [0.3, 0.4) is 0 Å². The molecule has 0 aliphatic rings. The standard InChI is InChI=1S/C20H20FN3O6/c1-20(2,3)30-19(27)22-12-16(25)23(13-8-5-4-6-9-13)18(26)17-14(21)10-7-11-15(17)24(28)29/h4-11H,12H2,1-3H3,(H,22,27). The van der Waals surface area contributed by atoms with E-state index in [9.17, 15) is 28.9 Å². The molecule has 1 N–H and O–H groups in total. The van der Waals surface area contributed by atoms with Crippen LogP contribution in [0.2, 0.25) is 0 Å². The van der Waals surface area contributed by atoms with Crippen LogP contribution in [0.5, 0.6) is 0 Å². The normalized spacial score (nSPS) is 10.8. The van der Waals surface area contributed by atoms with Gasteiger partial charge in [0.15, 0.2) is 5.56 Å². The molecule has 2 aromatic rings. The lowest BCUT2D eigenvalue weighted by molar-refractivity contribution is -0.385. The largest absolute Gasteiger partial charge is 0.444 e. The third-order valence-electron chi connectivity index (χ3n) is 3.65. The molecule has 0 aliphatic carbocycles. The van der Waals surface area contributed by atoms with Crippen molar-refractivity contribution in [1.82, 2.24) is 5.32 Å². The molecule has 0 aliphatic heterocycles. The van der Waals surface area contributed by atoms with Crippen molar-refractivity contribution in [2.45, 2.75) is 26.4 Å². The van der Waals surface area contributed by atoms with E-state index in [1.807, 2.05) is 0 Å². The van der Waals surface area contributed by atoms with Crippen molar-refractivity contribution in [1.29, 1.82) is 0 Å². The molecule has 30 heavy (non-hydrogen) atoms. The van der Waals surface area contributed by atoms with Crippen molar-refractivity contribution >= 4 is 29.3 Å². The Bertz CT molecular complexity index is 972. The minimum absolute atomic E-state index is 0.0519. The van der Waals surface area contributed by atoms with Crippen molar-refractivity contribution in [3.8, 4) is 0 Å². The van der Waals surface area contributed by atoms with Crippen molar-refractivity contribution in [3.63, 3.8) is 0 Å². The van der Waals surface area contributed by atoms with Crippen molar-refractivity contribution < 1.29 is 28.4 Å². The molecule has 0 spiro atoms. The summed E-state index contributed by atoms with van der Waals surface area (Å²) in [5.74, 6) is -3.32. The van der Waals surface area contributed by atoms with Gasteiger partial charge in [-0.25, -0.2) is 14.1 Å². The van der Waals surface area contributed by atoms with E-state index in [0.717, 1.165) is 18.2 Å². The monoisotopic (exact) mass is 417 g/mol. The summed E-state index contributed by atoms with van der Waals surface area (Å²) in [4.78, 5) is 48.5. The smallest absolute Gasteiger partial charge is 0.408 e. The van der Waals surface area contributed by atoms with Gasteiger partial charge < -0.3 is 10.1 Å². The van der Waals surface area contributed by atoms with E-state index in [1.165, 1.54) is 24.3 Å². The molecule has 0 fully saturated rings. The number of nitro groups is 1. The van der Waals surface area contributed by atoms with Crippen molar-refractivity contribution in [3.05, 3.63) is 70.0 Å². The highest BCUT2D eigenvalue weighted by molar-refractivity contribution is 6.23. The number of halogens is 1. The lowest BCUT2D eigenvalue weighted by Crippen LogP contribution is -2.45. The zero-order valence-electron chi connectivity index (χ0n) is 16.5. The van der Waals surface area contributed by atoms with Gasteiger partial charge in [0.2, 0.25) is 0 Å². The number of benzene rings is 2. The van der Waals surface area contributed by atoms with Gasteiger partial charge >= 0.3 is 6.09 Å². The first kappa shape index (κ1) is 22.5. The predicted octanol–water partition coefficient (Wildman–Crippen LogP) is 3.43. The van der Waals surface area contributed by atoms with Gasteiger partial charge in [0.25, 0.3) is 17.5 Å². The highest BCUT2D eigenvalue weighted by atomic mass is 19.1. The van der Waals surface area contributed by atoms with Crippen LogP contribution in [0, 0.1) is 15.9 Å². The third kappa shape index (κ3) is 5.60. The van der Waals surface area contributed by atoms with Gasteiger partial charge in [-0.1, -0.05) is 24.3 Å². The molecule has 0 saturated carbocycles. The number of rotatable bonds is 5. The lowest BCUT2D eigenvalue weighted by atomic mass is 10.1. The van der Waals surface area contributed by atoms with Crippen LogP contribution < -0.4 is 10.2 Å². The number of nitrogens with one attached hydrogen (secondary N) is 1. The fraction of sp³-hybridized carbons (Fsp3) is 0.250. The van der Waals surface area contributed by atoms with Gasteiger partial charge in [-0.2, -0.15) is 0 Å². The van der Waals surface area contributed by atoms with Crippen LogP contribution in [0.1, 0.15) is 31.1 Å². The number of nitrogens with zero attached hydrogens (tertiary/aromatic N) is 2. The summed E-state index contributed by atoms with van der Waals surface area (Å²) < 4.78 is 19.4. The second-order valence-electron chi connectivity index (χ2n) is 7.12. The summed E-state index contributed by atoms with van der Waals surface area (Å²) in [6.07, 6.45) is -0.895. The van der Waals surface area contributed by atoms with Gasteiger partial charge in [0.1, 0.15) is 18.0 Å². The Balaban J connectivity index is 2.38. The Labute approximate surface area is 171 Å². The highest BCUT2D eigenvalue weighted by Gasteiger charge is 2.33. The summed E-state index contributed by atoms with van der Waals surface area (Å²) in [5.41, 5.74) is -2.41. The molecule has 9 nitrogen and oxygen atoms in total. The van der Waals surface area contributed by atoms with Crippen LogP contribution in [0.25, 0.3) is 0 Å². The topological polar surface area (TPSA) is 119 Å². The van der Waals surface area contributed by atoms with E-state index in [2.05, 4.69) is 5.32 Å². The maximum atomic E-state index is 14.3. The molecule has 0 unspecified atom stereocenters. The summed E-state index contributed by atoms with van der Waals surface area (Å²) in [5, 5.41) is 13.5. The number of hydrogen-bond donors (Lipinski definition) is 1. The molecule has 0 heterocycles. The van der Waals surface area contributed by atoms with E-state index in [4.69, 9.17) is 4.74 Å². The van der Waals surface area contributed by atoms with Gasteiger partial charge in [0, 0.05) is 6.07 Å². The number of alkyl carbamates (subject to hydrolysis) is 1. The van der Waals surface area contributed by atoms with Crippen molar-refractivity contribution in [2.75, 3.05) is 11.4 Å². The number of amides is 3. The maximum Gasteiger partial charge on any atom is 0.408 e. The van der Waals surface area contributed by atoms with Gasteiger partial charge in [-0.15, -0.1) is 0 Å². The molecular formula is C20H20FN3O6. The van der Waals surface area contributed by atoms with Crippen molar-refractivity contribution in [2.24, 2.45) is 0 Å². The minimum atomic E-state index is -1.23. The Hall–Kier alpha value is -3.82. The van der Waals surface area contributed by atoms with Gasteiger partial charge in [-0.3, -0.25) is 19.7 Å². The fourth-order valence-corrected chi connectivity index (χ4v) is 2.48. The zero-order valence-corrected chi connectivity index (χ0v) is 16.5. The van der Waals surface area contributed by atoms with Crippen LogP contribution in [0.15, 0.2) is 48.5 Å². The molecule has 0 atom stereocenters. The predicted molar refractivity (Wildman–Crippen MR) is 106 cm³/mol. The molecular weight excluding hydrogens is 397 g/mol. The zero-order chi connectivity index (χ0) is 22.5. The van der Waals surface area contributed by atoms with Crippen LogP contribution >= 0.6 is 0 Å². The molecule has 3 amide bonds. The summed E-state index contributed by atoms with van der Waals surface area (Å²) >= 11 is 0. The average Bonchev–Trinajstić information content (AvgIpc) is 2.65. The molecule has 158 valence electrons. The number of imide groups is 1. The Kier molecular flexibility index (Phi) is 6.83. The van der Waals surface area contributed by atoms with E-state index >= 15 is 0 Å². The second kappa shape index (κ2) is 9.12. The van der Waals surface area contributed by atoms with Gasteiger partial charge in [0.05, 0.1) is 10.6 Å². The summed E-state index contributed by atoms with van der Waals surface area (Å²) in [6.45, 7) is 4.24. The van der Waals surface area contributed by atoms with Crippen LogP contribution in [-0.4, -0.2) is 35.0 Å². The van der Waals surface area contributed by atoms with E-state index in [-0.39, 0.29) is 5.69 Å². The molecule has 2 aromatic carbocycles. The summed E-state index contributed by atoms with van der Waals surface area (Å²) in [7, 11) is 0. The first-order valence-electron chi connectivity index (χ1n) is 8.83. The van der Waals surface area contributed by atoms with Crippen LogP contribution in [0.4, 0.5) is 20.6 Å².